The molecule has 0 aliphatic carbocycles. The van der Waals surface area contributed by atoms with E-state index >= 15 is 0 Å². The van der Waals surface area contributed by atoms with Crippen molar-refractivity contribution in [2.45, 2.75) is 20.3 Å². The van der Waals surface area contributed by atoms with Gasteiger partial charge < -0.3 is 14.4 Å². The summed E-state index contributed by atoms with van der Waals surface area (Å²) in [7, 11) is 1.50. The Bertz CT molecular complexity index is 974. The lowest BCUT2D eigenvalue weighted by molar-refractivity contribution is -0.143. The molecule has 0 bridgehead atoms. The predicted octanol–water partition coefficient (Wildman–Crippen LogP) is 2.70. The van der Waals surface area contributed by atoms with Gasteiger partial charge in [-0.3, -0.25) is 9.59 Å². The van der Waals surface area contributed by atoms with Crippen LogP contribution < -0.4 is 0 Å². The number of rotatable bonds is 5. The van der Waals surface area contributed by atoms with E-state index in [9.17, 15) is 9.59 Å². The molecule has 1 amide bonds. The number of carboxylic acids is 1. The summed E-state index contributed by atoms with van der Waals surface area (Å²) in [4.78, 5) is 29.3. The van der Waals surface area contributed by atoms with E-state index in [4.69, 9.17) is 10.1 Å². The number of hydrogen-bond donors (Lipinski definition) is 1. The number of carboxylic acid groups (broad SMARTS) is 1. The fraction of sp³-hybridized carbons (Fsp3) is 0.250. The number of fused-ring (bicyclic) bond motifs is 1. The van der Waals surface area contributed by atoms with Crippen LogP contribution in [0, 0.1) is 13.8 Å². The highest BCUT2D eigenvalue weighted by molar-refractivity contribution is 5.84. The summed E-state index contributed by atoms with van der Waals surface area (Å²) in [6, 6.07) is 11.9. The van der Waals surface area contributed by atoms with Gasteiger partial charge in [-0.05, 0) is 25.5 Å². The van der Waals surface area contributed by atoms with Crippen LogP contribution in [-0.2, 0) is 16.0 Å². The smallest absolute Gasteiger partial charge is 0.323 e. The molecule has 0 unspecified atom stereocenters. The van der Waals surface area contributed by atoms with Gasteiger partial charge in [-0.25, -0.2) is 4.98 Å². The first-order valence-corrected chi connectivity index (χ1v) is 8.35. The van der Waals surface area contributed by atoms with Crippen LogP contribution in [0.3, 0.4) is 0 Å². The van der Waals surface area contributed by atoms with Gasteiger partial charge in [0.25, 0.3) is 0 Å². The second-order valence-corrected chi connectivity index (χ2v) is 6.53. The molecule has 0 saturated carbocycles. The third-order valence-electron chi connectivity index (χ3n) is 4.31. The van der Waals surface area contributed by atoms with Crippen LogP contribution in [0.15, 0.2) is 42.6 Å². The Morgan fingerprint density at radius 2 is 1.73 bits per heavy atom. The van der Waals surface area contributed by atoms with E-state index < -0.39 is 5.97 Å². The third-order valence-corrected chi connectivity index (χ3v) is 4.31. The minimum atomic E-state index is -1.03. The average Bonchev–Trinajstić information content (AvgIpc) is 2.93. The normalized spacial score (nSPS) is 10.9. The number of amides is 1. The molecular weight excluding hydrogens is 330 g/mol. The van der Waals surface area contributed by atoms with Gasteiger partial charge in [0.15, 0.2) is 0 Å². The molecule has 6 heteroatoms. The van der Waals surface area contributed by atoms with Gasteiger partial charge in [0.2, 0.25) is 5.91 Å². The lowest BCUT2D eigenvalue weighted by atomic mass is 10.1. The molecule has 2 heterocycles. The van der Waals surface area contributed by atoms with Gasteiger partial charge in [0.1, 0.15) is 12.2 Å². The van der Waals surface area contributed by atoms with Crippen LogP contribution in [0.4, 0.5) is 0 Å². The number of aryl methyl sites for hydroxylation is 2. The van der Waals surface area contributed by atoms with E-state index in [1.165, 1.54) is 11.9 Å². The molecule has 0 atom stereocenters. The SMILES string of the molecule is Cc1ccc(-c2nc3ccc(C)cn3c2CC(=O)N(C)CC(=O)O)cc1. The van der Waals surface area contributed by atoms with E-state index in [0.29, 0.717) is 0 Å². The van der Waals surface area contributed by atoms with E-state index in [0.717, 1.165) is 33.7 Å². The zero-order valence-corrected chi connectivity index (χ0v) is 15.1. The third kappa shape index (κ3) is 3.59. The predicted molar refractivity (Wildman–Crippen MR) is 99.1 cm³/mol. The number of imidazole rings is 1. The maximum absolute atomic E-state index is 12.5. The molecule has 6 nitrogen and oxygen atoms in total. The van der Waals surface area contributed by atoms with Gasteiger partial charge >= 0.3 is 5.97 Å². The van der Waals surface area contributed by atoms with Crippen LogP contribution in [0.2, 0.25) is 0 Å². The number of pyridine rings is 1. The van der Waals surface area contributed by atoms with E-state index in [-0.39, 0.29) is 18.9 Å². The monoisotopic (exact) mass is 351 g/mol. The highest BCUT2D eigenvalue weighted by Gasteiger charge is 2.20. The number of aromatic nitrogens is 2. The maximum atomic E-state index is 12.5. The summed E-state index contributed by atoms with van der Waals surface area (Å²) in [5.74, 6) is -1.29. The molecule has 0 aliphatic rings. The van der Waals surface area contributed by atoms with E-state index in [2.05, 4.69) is 0 Å². The highest BCUT2D eigenvalue weighted by atomic mass is 16.4. The van der Waals surface area contributed by atoms with Crippen LogP contribution >= 0.6 is 0 Å². The van der Waals surface area contributed by atoms with Crippen molar-refractivity contribution in [1.29, 1.82) is 0 Å². The van der Waals surface area contributed by atoms with Gasteiger partial charge in [0, 0.05) is 18.8 Å². The van der Waals surface area contributed by atoms with Gasteiger partial charge in [-0.1, -0.05) is 35.9 Å². The highest BCUT2D eigenvalue weighted by Crippen LogP contribution is 2.26. The number of aliphatic carboxylic acids is 1. The van der Waals surface area contributed by atoms with Gasteiger partial charge in [0.05, 0.1) is 17.8 Å². The Kier molecular flexibility index (Phi) is 4.75. The van der Waals surface area contributed by atoms with Gasteiger partial charge in [-0.15, -0.1) is 0 Å². The Morgan fingerprint density at radius 3 is 2.38 bits per heavy atom. The van der Waals surface area contributed by atoms with Gasteiger partial charge in [-0.2, -0.15) is 0 Å². The van der Waals surface area contributed by atoms with Crippen LogP contribution in [0.5, 0.6) is 0 Å². The first kappa shape index (κ1) is 17.7. The molecule has 2 aromatic heterocycles. The van der Waals surface area contributed by atoms with Crippen molar-refractivity contribution in [1.82, 2.24) is 14.3 Å². The summed E-state index contributed by atoms with van der Waals surface area (Å²) in [5, 5.41) is 8.91. The zero-order chi connectivity index (χ0) is 18.8. The molecule has 0 aliphatic heterocycles. The van der Waals surface area contributed by atoms with E-state index in [1.54, 1.807) is 0 Å². The standard InChI is InChI=1S/C20H21N3O3/c1-13-4-7-15(8-5-13)20-16(10-18(24)22(3)12-19(25)26)23-11-14(2)6-9-17(23)21-20/h4-9,11H,10,12H2,1-3H3,(H,25,26). The molecule has 1 aromatic carbocycles. The fourth-order valence-corrected chi connectivity index (χ4v) is 2.88. The fourth-order valence-electron chi connectivity index (χ4n) is 2.88. The minimum Gasteiger partial charge on any atom is -0.480 e. The van der Waals surface area contributed by atoms with Crippen molar-refractivity contribution in [3.63, 3.8) is 0 Å². The van der Waals surface area contributed by atoms with Crippen molar-refractivity contribution < 1.29 is 14.7 Å². The molecular formula is C20H21N3O3. The molecule has 0 spiro atoms. The van der Waals surface area contributed by atoms with Crippen molar-refractivity contribution >= 4 is 17.5 Å². The first-order chi connectivity index (χ1) is 12.3. The lowest BCUT2D eigenvalue weighted by Crippen LogP contribution is -2.33. The quantitative estimate of drug-likeness (QED) is 0.767. The second-order valence-electron chi connectivity index (χ2n) is 6.53. The summed E-state index contributed by atoms with van der Waals surface area (Å²) in [5.41, 5.74) is 5.39. The summed E-state index contributed by atoms with van der Waals surface area (Å²) >= 11 is 0. The molecule has 134 valence electrons. The van der Waals surface area contributed by atoms with E-state index in [1.807, 2.05) is 60.8 Å². The van der Waals surface area contributed by atoms with Crippen molar-refractivity contribution in [2.75, 3.05) is 13.6 Å². The molecule has 26 heavy (non-hydrogen) atoms. The van der Waals surface area contributed by atoms with Crippen molar-refractivity contribution in [3.05, 3.63) is 59.4 Å². The van der Waals surface area contributed by atoms with Crippen molar-refractivity contribution in [2.24, 2.45) is 0 Å². The summed E-state index contributed by atoms with van der Waals surface area (Å²) in [6.45, 7) is 3.67. The number of nitrogens with zero attached hydrogens (tertiary/aromatic N) is 3. The summed E-state index contributed by atoms with van der Waals surface area (Å²) in [6.07, 6.45) is 2.03. The Hall–Kier alpha value is -3.15. The van der Waals surface area contributed by atoms with Crippen molar-refractivity contribution in [3.8, 4) is 11.3 Å². The second kappa shape index (κ2) is 7.00. The number of carbonyl (C=O) groups is 2. The Labute approximate surface area is 151 Å². The minimum absolute atomic E-state index is 0.0810. The molecule has 1 N–H and O–H groups in total. The Balaban J connectivity index is 2.07. The molecule has 3 rings (SSSR count). The average molecular weight is 351 g/mol. The van der Waals surface area contributed by atoms with Crippen LogP contribution in [0.25, 0.3) is 16.9 Å². The molecule has 0 saturated heterocycles. The lowest BCUT2D eigenvalue weighted by Gasteiger charge is -2.15. The molecule has 0 radical (unpaired) electrons. The number of carbonyl (C=O) groups excluding carboxylic acids is 1. The number of hydrogen-bond acceptors (Lipinski definition) is 3. The number of likely N-dealkylation sites (N-methyl/N-ethyl adjacent to an activating group) is 1. The zero-order valence-electron chi connectivity index (χ0n) is 15.1. The molecule has 0 fully saturated rings. The topological polar surface area (TPSA) is 74.9 Å². The number of benzene rings is 1. The maximum Gasteiger partial charge on any atom is 0.323 e. The van der Waals surface area contributed by atoms with Crippen LogP contribution in [-0.4, -0.2) is 44.9 Å². The Morgan fingerprint density at radius 1 is 1.08 bits per heavy atom. The summed E-state index contributed by atoms with van der Waals surface area (Å²) < 4.78 is 1.91. The largest absolute Gasteiger partial charge is 0.480 e. The first-order valence-electron chi connectivity index (χ1n) is 8.35. The van der Waals surface area contributed by atoms with Crippen LogP contribution in [0.1, 0.15) is 16.8 Å². The molecule has 3 aromatic rings.